The van der Waals surface area contributed by atoms with Crippen LogP contribution >= 0.6 is 50.9 Å². The summed E-state index contributed by atoms with van der Waals surface area (Å²) in [5.74, 6) is 0.279. The summed E-state index contributed by atoms with van der Waals surface area (Å²) in [6.45, 7) is -0.0406. The van der Waals surface area contributed by atoms with Gasteiger partial charge in [-0.05, 0) is 63.6 Å². The van der Waals surface area contributed by atoms with Crippen molar-refractivity contribution in [2.24, 2.45) is 0 Å². The lowest BCUT2D eigenvalue weighted by atomic mass is 10.1. The number of nitro benzene ring substituents is 1. The van der Waals surface area contributed by atoms with E-state index in [1.807, 2.05) is 0 Å². The summed E-state index contributed by atoms with van der Waals surface area (Å²) in [6, 6.07) is 14.5. The Bertz CT molecular complexity index is 1450. The van der Waals surface area contributed by atoms with Gasteiger partial charge in [0, 0.05) is 27.2 Å². The van der Waals surface area contributed by atoms with Crippen molar-refractivity contribution in [3.8, 4) is 11.5 Å². The maximum absolute atomic E-state index is 13.0. The topological polar surface area (TPSA) is 99.0 Å². The first-order chi connectivity index (χ1) is 17.7. The Hall–Kier alpha value is -3.05. The van der Waals surface area contributed by atoms with Crippen LogP contribution in [0.4, 0.5) is 10.5 Å². The molecule has 8 nitrogen and oxygen atoms in total. The molecule has 1 saturated heterocycles. The highest BCUT2D eigenvalue weighted by atomic mass is 79.9. The molecule has 2 amide bonds. The van der Waals surface area contributed by atoms with Gasteiger partial charge in [-0.25, -0.2) is 0 Å². The first-order valence-corrected chi connectivity index (χ1v) is 13.0. The lowest BCUT2D eigenvalue weighted by molar-refractivity contribution is -0.385. The molecule has 12 heteroatoms. The molecule has 0 spiro atoms. The van der Waals surface area contributed by atoms with Gasteiger partial charge in [-0.3, -0.25) is 24.6 Å². The van der Waals surface area contributed by atoms with E-state index in [0.717, 1.165) is 22.2 Å². The van der Waals surface area contributed by atoms with Crippen LogP contribution in [0.15, 0.2) is 64.0 Å². The molecular weight excluding hydrogens is 607 g/mol. The van der Waals surface area contributed by atoms with Crippen LogP contribution in [0.5, 0.6) is 11.5 Å². The molecule has 3 aromatic rings. The number of carbonyl (C=O) groups is 2. The molecule has 0 radical (unpaired) electrons. The van der Waals surface area contributed by atoms with Crippen molar-refractivity contribution in [1.82, 2.24) is 4.90 Å². The molecule has 1 fully saturated rings. The van der Waals surface area contributed by atoms with E-state index in [2.05, 4.69) is 15.9 Å². The van der Waals surface area contributed by atoms with Crippen molar-refractivity contribution in [1.29, 1.82) is 0 Å². The maximum Gasteiger partial charge on any atom is 0.293 e. The third-order valence-corrected chi connectivity index (χ3v) is 7.41. The van der Waals surface area contributed by atoms with Crippen molar-refractivity contribution < 1.29 is 24.0 Å². The minimum atomic E-state index is -0.543. The Labute approximate surface area is 234 Å². The lowest BCUT2D eigenvalue weighted by Gasteiger charge is -2.14. The first kappa shape index (κ1) is 27.0. The Kier molecular flexibility index (Phi) is 8.43. The number of methoxy groups -OCH3 is 1. The van der Waals surface area contributed by atoms with Crippen LogP contribution in [0.3, 0.4) is 0 Å². The third-order valence-electron chi connectivity index (χ3n) is 5.33. The molecule has 3 aromatic carbocycles. The number of para-hydroxylation sites is 1. The number of nitrogens with zero attached hydrogens (tertiary/aromatic N) is 2. The highest BCUT2D eigenvalue weighted by molar-refractivity contribution is 9.10. The Balaban J connectivity index is 1.55. The second kappa shape index (κ2) is 11.6. The summed E-state index contributed by atoms with van der Waals surface area (Å²) in [5, 5.41) is 11.8. The van der Waals surface area contributed by atoms with E-state index in [1.54, 1.807) is 42.5 Å². The fraction of sp³-hybridized carbons (Fsp3) is 0.120. The van der Waals surface area contributed by atoms with Crippen molar-refractivity contribution >= 4 is 73.8 Å². The highest BCUT2D eigenvalue weighted by Crippen LogP contribution is 2.40. The normalized spacial score (nSPS) is 14.4. The fourth-order valence-corrected chi connectivity index (χ4v) is 5.41. The van der Waals surface area contributed by atoms with E-state index in [1.165, 1.54) is 25.3 Å². The number of thioether (sulfide) groups is 1. The predicted molar refractivity (Wildman–Crippen MR) is 146 cm³/mol. The zero-order valence-corrected chi connectivity index (χ0v) is 23.0. The van der Waals surface area contributed by atoms with Gasteiger partial charge in [0.25, 0.3) is 16.8 Å². The van der Waals surface area contributed by atoms with Gasteiger partial charge in [0.05, 0.1) is 28.0 Å². The van der Waals surface area contributed by atoms with Gasteiger partial charge >= 0.3 is 0 Å². The molecule has 0 unspecified atom stereocenters. The smallest absolute Gasteiger partial charge is 0.293 e. The highest BCUT2D eigenvalue weighted by Gasteiger charge is 2.36. The van der Waals surface area contributed by atoms with Gasteiger partial charge in [-0.1, -0.05) is 47.5 Å². The quantitative estimate of drug-likeness (QED) is 0.146. The Morgan fingerprint density at radius 2 is 1.86 bits per heavy atom. The number of hydrogen-bond acceptors (Lipinski definition) is 7. The zero-order valence-electron chi connectivity index (χ0n) is 19.1. The SMILES string of the molecule is COc1cc(/C=C2/SC(=O)N(Cc3ccccc3[N+](=O)[O-])C2=O)cc(Br)c1OCc1ccc(Cl)cc1Cl. The minimum Gasteiger partial charge on any atom is -0.493 e. The van der Waals surface area contributed by atoms with Crippen LogP contribution in [-0.2, 0) is 17.9 Å². The first-order valence-electron chi connectivity index (χ1n) is 10.6. The number of carbonyl (C=O) groups excluding carboxylic acids is 2. The monoisotopic (exact) mass is 622 g/mol. The van der Waals surface area contributed by atoms with Crippen LogP contribution in [-0.4, -0.2) is 28.1 Å². The summed E-state index contributed by atoms with van der Waals surface area (Å²) in [6.07, 6.45) is 1.55. The Morgan fingerprint density at radius 1 is 1.11 bits per heavy atom. The van der Waals surface area contributed by atoms with Crippen LogP contribution < -0.4 is 9.47 Å². The average Bonchev–Trinajstić information content (AvgIpc) is 3.11. The molecule has 190 valence electrons. The molecule has 0 atom stereocenters. The molecule has 0 aliphatic carbocycles. The van der Waals surface area contributed by atoms with Gasteiger partial charge in [-0.2, -0.15) is 0 Å². The van der Waals surface area contributed by atoms with Crippen LogP contribution in [0.25, 0.3) is 6.08 Å². The summed E-state index contributed by atoms with van der Waals surface area (Å²) in [5.41, 5.74) is 1.42. The summed E-state index contributed by atoms with van der Waals surface area (Å²) in [4.78, 5) is 37.5. The van der Waals surface area contributed by atoms with E-state index in [9.17, 15) is 19.7 Å². The van der Waals surface area contributed by atoms with Crippen molar-refractivity contribution in [3.63, 3.8) is 0 Å². The molecule has 4 rings (SSSR count). The number of nitro groups is 1. The lowest BCUT2D eigenvalue weighted by Crippen LogP contribution is -2.27. The van der Waals surface area contributed by atoms with Gasteiger partial charge in [0.1, 0.15) is 6.61 Å². The molecule has 1 heterocycles. The van der Waals surface area contributed by atoms with Crippen LogP contribution in [0.1, 0.15) is 16.7 Å². The number of amides is 2. The third kappa shape index (κ3) is 6.10. The number of benzene rings is 3. The van der Waals surface area contributed by atoms with Crippen LogP contribution in [0.2, 0.25) is 10.0 Å². The standard InChI is InChI=1S/C25H17BrCl2N2O6S/c1-35-21-9-14(8-18(26)23(21)36-13-16-6-7-17(27)11-19(16)28)10-22-24(31)29(25(32)37-22)12-15-4-2-3-5-20(15)30(33)34/h2-11H,12-13H2,1H3/b22-10+. The molecule has 0 bridgehead atoms. The molecule has 0 aromatic heterocycles. The molecule has 37 heavy (non-hydrogen) atoms. The number of halogens is 3. The fourth-order valence-electron chi connectivity index (χ4n) is 3.53. The number of ether oxygens (including phenoxy) is 2. The van der Waals surface area contributed by atoms with Gasteiger partial charge in [0.2, 0.25) is 0 Å². The van der Waals surface area contributed by atoms with Gasteiger partial charge < -0.3 is 9.47 Å². The maximum atomic E-state index is 13.0. The molecular formula is C25H17BrCl2N2O6S. The van der Waals surface area contributed by atoms with Crippen molar-refractivity contribution in [2.75, 3.05) is 7.11 Å². The zero-order chi connectivity index (χ0) is 26.7. The van der Waals surface area contributed by atoms with Crippen molar-refractivity contribution in [3.05, 3.63) is 101 Å². The van der Waals surface area contributed by atoms with E-state index < -0.39 is 16.1 Å². The molecule has 0 N–H and O–H groups in total. The second-order valence-electron chi connectivity index (χ2n) is 7.71. The largest absolute Gasteiger partial charge is 0.493 e. The number of imide groups is 1. The molecule has 1 aliphatic heterocycles. The number of hydrogen-bond donors (Lipinski definition) is 0. The van der Waals surface area contributed by atoms with Crippen molar-refractivity contribution in [2.45, 2.75) is 13.2 Å². The summed E-state index contributed by atoms with van der Waals surface area (Å²) >= 11 is 16.4. The average molecular weight is 624 g/mol. The van der Waals surface area contributed by atoms with E-state index in [4.69, 9.17) is 32.7 Å². The van der Waals surface area contributed by atoms with E-state index in [-0.39, 0.29) is 29.3 Å². The summed E-state index contributed by atoms with van der Waals surface area (Å²) in [7, 11) is 1.48. The Morgan fingerprint density at radius 3 is 2.57 bits per heavy atom. The molecule has 0 saturated carbocycles. The summed E-state index contributed by atoms with van der Waals surface area (Å²) < 4.78 is 12.0. The van der Waals surface area contributed by atoms with E-state index >= 15 is 0 Å². The minimum absolute atomic E-state index is 0.158. The second-order valence-corrected chi connectivity index (χ2v) is 10.4. The van der Waals surface area contributed by atoms with Crippen LogP contribution in [0, 0.1) is 10.1 Å². The van der Waals surface area contributed by atoms with E-state index in [0.29, 0.717) is 31.6 Å². The number of rotatable bonds is 8. The van der Waals surface area contributed by atoms with Gasteiger partial charge in [-0.15, -0.1) is 0 Å². The predicted octanol–water partition coefficient (Wildman–Crippen LogP) is 7.49. The molecule has 1 aliphatic rings. The van der Waals surface area contributed by atoms with Gasteiger partial charge in [0.15, 0.2) is 11.5 Å².